The monoisotopic (exact) mass is 222 g/mol. The third kappa shape index (κ3) is 2.45. The molecule has 0 spiro atoms. The van der Waals surface area contributed by atoms with E-state index in [1.54, 1.807) is 0 Å². The highest BCUT2D eigenvalue weighted by Gasteiger charge is 2.49. The van der Waals surface area contributed by atoms with Crippen LogP contribution < -0.4 is 0 Å². The van der Waals surface area contributed by atoms with Gasteiger partial charge in [0.05, 0.1) is 17.3 Å². The average molecular weight is 222 g/mol. The van der Waals surface area contributed by atoms with Crippen molar-refractivity contribution in [3.63, 3.8) is 0 Å². The quantitative estimate of drug-likeness (QED) is 0.678. The van der Waals surface area contributed by atoms with Crippen LogP contribution in [-0.4, -0.2) is 42.7 Å². The van der Waals surface area contributed by atoms with E-state index in [1.165, 1.54) is 0 Å². The summed E-state index contributed by atoms with van der Waals surface area (Å²) in [6.07, 6.45) is 0.914. The van der Waals surface area contributed by atoms with E-state index in [9.17, 15) is 13.2 Å². The molecule has 1 rings (SSSR count). The Balaban J connectivity index is 2.60. The van der Waals surface area contributed by atoms with Gasteiger partial charge in [-0.15, -0.1) is 0 Å². The highest BCUT2D eigenvalue weighted by Crippen LogP contribution is 2.44. The fourth-order valence-electron chi connectivity index (χ4n) is 1.71. The van der Waals surface area contributed by atoms with Crippen molar-refractivity contribution in [2.45, 2.75) is 25.4 Å². The van der Waals surface area contributed by atoms with E-state index in [-0.39, 0.29) is 25.0 Å². The summed E-state index contributed by atoms with van der Waals surface area (Å²) in [5.41, 5.74) is -1.01. The molecule has 0 unspecified atom stereocenters. The lowest BCUT2D eigenvalue weighted by atomic mass is 9.65. The van der Waals surface area contributed by atoms with Crippen LogP contribution in [-0.2, 0) is 14.6 Å². The number of hydrogen-bond acceptors (Lipinski definition) is 4. The van der Waals surface area contributed by atoms with Crippen LogP contribution in [0.25, 0.3) is 0 Å². The maximum absolute atomic E-state index is 10.9. The van der Waals surface area contributed by atoms with Crippen LogP contribution in [0.5, 0.6) is 0 Å². The zero-order chi connectivity index (χ0) is 11.0. The van der Waals surface area contributed by atoms with Crippen LogP contribution in [0.2, 0.25) is 0 Å². The lowest BCUT2D eigenvalue weighted by molar-refractivity contribution is -0.163. The Morgan fingerprint density at radius 2 is 2.00 bits per heavy atom. The van der Waals surface area contributed by atoms with E-state index in [1.807, 2.05) is 0 Å². The summed E-state index contributed by atoms with van der Waals surface area (Å²) in [5.74, 6) is -1.14. The van der Waals surface area contributed by atoms with Gasteiger partial charge in [-0.25, -0.2) is 8.42 Å². The minimum atomic E-state index is -3.13. The molecule has 6 heteroatoms. The van der Waals surface area contributed by atoms with Gasteiger partial charge in [-0.2, -0.15) is 0 Å². The molecular formula is C8H14O5S. The number of aliphatic hydroxyl groups excluding tert-OH is 1. The molecule has 0 amide bonds. The topological polar surface area (TPSA) is 91.7 Å². The van der Waals surface area contributed by atoms with Crippen LogP contribution in [0.15, 0.2) is 0 Å². The van der Waals surface area contributed by atoms with E-state index in [2.05, 4.69) is 0 Å². The van der Waals surface area contributed by atoms with Crippen molar-refractivity contribution >= 4 is 15.8 Å². The molecule has 0 heterocycles. The number of aliphatic hydroxyl groups is 1. The minimum Gasteiger partial charge on any atom is -0.481 e. The van der Waals surface area contributed by atoms with Crippen molar-refractivity contribution in [1.82, 2.24) is 0 Å². The zero-order valence-electron chi connectivity index (χ0n) is 7.93. The van der Waals surface area contributed by atoms with Gasteiger partial charge in [0.2, 0.25) is 0 Å². The van der Waals surface area contributed by atoms with Gasteiger partial charge in [-0.3, -0.25) is 4.79 Å². The van der Waals surface area contributed by atoms with Gasteiger partial charge in [0.25, 0.3) is 0 Å². The smallest absolute Gasteiger partial charge is 0.309 e. The van der Waals surface area contributed by atoms with Crippen molar-refractivity contribution in [3.8, 4) is 0 Å². The number of carboxylic acid groups (broad SMARTS) is 1. The van der Waals surface area contributed by atoms with E-state index in [0.29, 0.717) is 0 Å². The Morgan fingerprint density at radius 1 is 1.50 bits per heavy atom. The SMILES string of the molecule is CS(=O)(=O)CCC1(C(=O)O)CC(O)C1. The summed E-state index contributed by atoms with van der Waals surface area (Å²) in [6, 6.07) is 0. The molecule has 14 heavy (non-hydrogen) atoms. The van der Waals surface area contributed by atoms with Crippen molar-refractivity contribution in [2.24, 2.45) is 5.41 Å². The third-order valence-corrected chi connectivity index (χ3v) is 3.60. The average Bonchev–Trinajstić information content (AvgIpc) is 1.93. The predicted molar refractivity (Wildman–Crippen MR) is 49.6 cm³/mol. The molecule has 0 aromatic heterocycles. The lowest BCUT2D eigenvalue weighted by Crippen LogP contribution is -2.47. The molecular weight excluding hydrogens is 208 g/mol. The fourth-order valence-corrected chi connectivity index (χ4v) is 2.47. The van der Waals surface area contributed by atoms with E-state index in [0.717, 1.165) is 6.26 Å². The van der Waals surface area contributed by atoms with Gasteiger partial charge in [0.1, 0.15) is 9.84 Å². The highest BCUT2D eigenvalue weighted by molar-refractivity contribution is 7.90. The molecule has 0 aromatic carbocycles. The second-order valence-electron chi connectivity index (χ2n) is 4.03. The van der Waals surface area contributed by atoms with Gasteiger partial charge in [0, 0.05) is 6.26 Å². The summed E-state index contributed by atoms with van der Waals surface area (Å²) in [7, 11) is -3.13. The first-order valence-electron chi connectivity index (χ1n) is 4.34. The van der Waals surface area contributed by atoms with Crippen LogP contribution in [0.1, 0.15) is 19.3 Å². The fraction of sp³-hybridized carbons (Fsp3) is 0.875. The second kappa shape index (κ2) is 3.51. The molecule has 82 valence electrons. The predicted octanol–water partition coefficient (Wildman–Crippen LogP) is -0.353. The number of sulfone groups is 1. The van der Waals surface area contributed by atoms with Crippen LogP contribution in [0.4, 0.5) is 0 Å². The Kier molecular flexibility index (Phi) is 2.87. The summed E-state index contributed by atoms with van der Waals surface area (Å²) in [6.45, 7) is 0. The highest BCUT2D eigenvalue weighted by atomic mass is 32.2. The molecule has 1 aliphatic rings. The Bertz CT molecular complexity index is 326. The minimum absolute atomic E-state index is 0.0955. The lowest BCUT2D eigenvalue weighted by Gasteiger charge is -2.41. The van der Waals surface area contributed by atoms with Crippen molar-refractivity contribution < 1.29 is 23.4 Å². The maximum Gasteiger partial charge on any atom is 0.309 e. The number of hydrogen-bond donors (Lipinski definition) is 2. The first-order valence-corrected chi connectivity index (χ1v) is 6.40. The van der Waals surface area contributed by atoms with Gasteiger partial charge in [-0.1, -0.05) is 0 Å². The molecule has 0 aliphatic heterocycles. The summed E-state index contributed by atoms with van der Waals surface area (Å²) < 4.78 is 21.7. The molecule has 0 atom stereocenters. The molecule has 1 aliphatic carbocycles. The summed E-state index contributed by atoms with van der Waals surface area (Å²) >= 11 is 0. The molecule has 0 radical (unpaired) electrons. The Morgan fingerprint density at radius 3 is 2.29 bits per heavy atom. The first kappa shape index (κ1) is 11.5. The van der Waals surface area contributed by atoms with E-state index in [4.69, 9.17) is 10.2 Å². The van der Waals surface area contributed by atoms with Crippen LogP contribution >= 0.6 is 0 Å². The molecule has 5 nitrogen and oxygen atoms in total. The summed E-state index contributed by atoms with van der Waals surface area (Å²) in [4.78, 5) is 10.9. The van der Waals surface area contributed by atoms with E-state index < -0.39 is 27.3 Å². The number of rotatable bonds is 4. The number of carboxylic acids is 1. The van der Waals surface area contributed by atoms with Crippen LogP contribution in [0.3, 0.4) is 0 Å². The van der Waals surface area contributed by atoms with Gasteiger partial charge in [0.15, 0.2) is 0 Å². The molecule has 1 saturated carbocycles. The molecule has 0 aromatic rings. The molecule has 1 fully saturated rings. The number of carbonyl (C=O) groups is 1. The van der Waals surface area contributed by atoms with Crippen LogP contribution in [0, 0.1) is 5.41 Å². The second-order valence-corrected chi connectivity index (χ2v) is 6.29. The Hall–Kier alpha value is -0.620. The maximum atomic E-state index is 10.9. The third-order valence-electron chi connectivity index (χ3n) is 2.66. The standard InChI is InChI=1S/C8H14O5S/c1-14(12,13)3-2-8(7(10)11)4-6(9)5-8/h6,9H,2-5H2,1H3,(H,10,11). The molecule has 0 bridgehead atoms. The van der Waals surface area contributed by atoms with Crippen molar-refractivity contribution in [3.05, 3.63) is 0 Å². The normalized spacial score (nSPS) is 32.3. The van der Waals surface area contributed by atoms with Gasteiger partial charge in [-0.05, 0) is 19.3 Å². The zero-order valence-corrected chi connectivity index (χ0v) is 8.75. The first-order chi connectivity index (χ1) is 6.25. The summed E-state index contributed by atoms with van der Waals surface area (Å²) in [5, 5.41) is 17.9. The van der Waals surface area contributed by atoms with Crippen molar-refractivity contribution in [1.29, 1.82) is 0 Å². The largest absolute Gasteiger partial charge is 0.481 e. The molecule has 2 N–H and O–H groups in total. The van der Waals surface area contributed by atoms with Gasteiger partial charge >= 0.3 is 5.97 Å². The Labute approximate surface area is 82.7 Å². The van der Waals surface area contributed by atoms with E-state index >= 15 is 0 Å². The van der Waals surface area contributed by atoms with Crippen molar-refractivity contribution in [2.75, 3.05) is 12.0 Å². The van der Waals surface area contributed by atoms with Gasteiger partial charge < -0.3 is 10.2 Å². The number of aliphatic carboxylic acids is 1. The molecule has 0 saturated heterocycles.